The quantitative estimate of drug-likeness (QED) is 0.648. The Balaban J connectivity index is 2.25. The number of hydrogen-bond acceptors (Lipinski definition) is 5. The van der Waals surface area contributed by atoms with Crippen molar-refractivity contribution in [3.63, 3.8) is 0 Å². The van der Waals surface area contributed by atoms with Crippen molar-refractivity contribution >= 4 is 11.5 Å². The van der Waals surface area contributed by atoms with Gasteiger partial charge < -0.3 is 10.1 Å². The number of anilines is 1. The second kappa shape index (κ2) is 6.65. The molecule has 1 heterocycles. The van der Waals surface area contributed by atoms with Crippen molar-refractivity contribution < 1.29 is 14.1 Å². The van der Waals surface area contributed by atoms with Crippen LogP contribution in [-0.4, -0.2) is 16.5 Å². The summed E-state index contributed by atoms with van der Waals surface area (Å²) in [7, 11) is 0. The van der Waals surface area contributed by atoms with Gasteiger partial charge in [0, 0.05) is 24.7 Å². The van der Waals surface area contributed by atoms with E-state index in [2.05, 4.69) is 10.3 Å². The summed E-state index contributed by atoms with van der Waals surface area (Å²) in [4.78, 5) is 14.4. The normalized spacial score (nSPS) is 10.2. The molecule has 0 aliphatic rings. The zero-order valence-corrected chi connectivity index (χ0v) is 11.4. The van der Waals surface area contributed by atoms with E-state index < -0.39 is 10.7 Å². The molecule has 1 N–H and O–H groups in total. The Kier molecular flexibility index (Phi) is 4.65. The molecule has 2 aromatic rings. The van der Waals surface area contributed by atoms with Gasteiger partial charge in [-0.15, -0.1) is 0 Å². The summed E-state index contributed by atoms with van der Waals surface area (Å²) in [5.74, 6) is -0.0470. The summed E-state index contributed by atoms with van der Waals surface area (Å²) < 4.78 is 18.6. The molecular formula is C14H14FN3O3. The van der Waals surface area contributed by atoms with Gasteiger partial charge in [-0.1, -0.05) is 13.0 Å². The molecule has 0 atom stereocenters. The molecule has 0 amide bonds. The molecule has 0 radical (unpaired) electrons. The predicted molar refractivity (Wildman–Crippen MR) is 76.1 cm³/mol. The molecule has 0 bridgehead atoms. The number of ether oxygens (including phenoxy) is 1. The number of aromatic nitrogens is 1. The highest BCUT2D eigenvalue weighted by Crippen LogP contribution is 2.31. The summed E-state index contributed by atoms with van der Waals surface area (Å²) >= 11 is 0. The first-order valence-corrected chi connectivity index (χ1v) is 6.43. The first-order valence-electron chi connectivity index (χ1n) is 6.43. The monoisotopic (exact) mass is 291 g/mol. The molecule has 0 aliphatic heterocycles. The predicted octanol–water partition coefficient (Wildman–Crippen LogP) is 3.74. The maximum Gasteiger partial charge on any atom is 0.311 e. The maximum atomic E-state index is 13.2. The second-order valence-electron chi connectivity index (χ2n) is 4.26. The van der Waals surface area contributed by atoms with E-state index in [1.165, 1.54) is 0 Å². The van der Waals surface area contributed by atoms with E-state index in [1.54, 1.807) is 18.2 Å². The molecule has 1 aromatic heterocycles. The van der Waals surface area contributed by atoms with Crippen molar-refractivity contribution in [1.29, 1.82) is 0 Å². The van der Waals surface area contributed by atoms with Gasteiger partial charge in [0.05, 0.1) is 4.92 Å². The highest BCUT2D eigenvalue weighted by Gasteiger charge is 2.17. The molecule has 0 saturated carbocycles. The average molecular weight is 291 g/mol. The minimum Gasteiger partial charge on any atom is -0.432 e. The van der Waals surface area contributed by atoms with Gasteiger partial charge in [0.1, 0.15) is 11.6 Å². The molecule has 110 valence electrons. The van der Waals surface area contributed by atoms with Crippen LogP contribution < -0.4 is 10.1 Å². The fourth-order valence-electron chi connectivity index (χ4n) is 1.66. The van der Waals surface area contributed by atoms with Gasteiger partial charge >= 0.3 is 5.69 Å². The number of nitrogens with zero attached hydrogens (tertiary/aromatic N) is 2. The van der Waals surface area contributed by atoms with Gasteiger partial charge in [-0.25, -0.2) is 4.39 Å². The Morgan fingerprint density at radius 3 is 2.90 bits per heavy atom. The number of nitro groups is 1. The Morgan fingerprint density at radius 1 is 1.38 bits per heavy atom. The summed E-state index contributed by atoms with van der Waals surface area (Å²) in [5.41, 5.74) is -0.315. The van der Waals surface area contributed by atoms with E-state index >= 15 is 0 Å². The van der Waals surface area contributed by atoms with Crippen molar-refractivity contribution in [2.24, 2.45) is 0 Å². The molecule has 0 fully saturated rings. The van der Waals surface area contributed by atoms with Crippen LogP contribution in [0.5, 0.6) is 11.6 Å². The first kappa shape index (κ1) is 14.7. The number of benzene rings is 1. The van der Waals surface area contributed by atoms with E-state index in [1.807, 2.05) is 6.92 Å². The van der Waals surface area contributed by atoms with Crippen LogP contribution in [0.1, 0.15) is 13.3 Å². The van der Waals surface area contributed by atoms with Crippen LogP contribution in [0.2, 0.25) is 0 Å². The van der Waals surface area contributed by atoms with Crippen LogP contribution in [-0.2, 0) is 0 Å². The van der Waals surface area contributed by atoms with Crippen molar-refractivity contribution in [2.45, 2.75) is 13.3 Å². The number of nitro benzene ring substituents is 1. The summed E-state index contributed by atoms with van der Waals surface area (Å²) in [6, 6.07) is 8.03. The van der Waals surface area contributed by atoms with Crippen molar-refractivity contribution in [3.05, 3.63) is 52.3 Å². The molecule has 0 spiro atoms. The van der Waals surface area contributed by atoms with Crippen molar-refractivity contribution in [3.8, 4) is 11.6 Å². The zero-order chi connectivity index (χ0) is 15.2. The fourth-order valence-corrected chi connectivity index (χ4v) is 1.66. The van der Waals surface area contributed by atoms with E-state index in [-0.39, 0.29) is 17.3 Å². The molecular weight excluding hydrogens is 277 g/mol. The molecule has 0 unspecified atom stereocenters. The van der Waals surface area contributed by atoms with Crippen molar-refractivity contribution in [2.75, 3.05) is 11.9 Å². The molecule has 7 heteroatoms. The SMILES string of the molecule is CCCNc1cccc(Oc2cc(F)ccc2[N+](=O)[O-])n1. The lowest BCUT2D eigenvalue weighted by molar-refractivity contribution is -0.385. The van der Waals surface area contributed by atoms with Crippen LogP contribution in [0, 0.1) is 15.9 Å². The summed E-state index contributed by atoms with van der Waals surface area (Å²) in [6.07, 6.45) is 0.933. The Morgan fingerprint density at radius 2 is 2.19 bits per heavy atom. The van der Waals surface area contributed by atoms with Crippen molar-refractivity contribution in [1.82, 2.24) is 4.98 Å². The van der Waals surface area contributed by atoms with Gasteiger partial charge in [-0.2, -0.15) is 4.98 Å². The Bertz CT molecular complexity index is 649. The lowest BCUT2D eigenvalue weighted by Crippen LogP contribution is -2.02. The van der Waals surface area contributed by atoms with E-state index in [4.69, 9.17) is 4.74 Å². The average Bonchev–Trinajstić information content (AvgIpc) is 2.45. The van der Waals surface area contributed by atoms with Crippen LogP contribution in [0.4, 0.5) is 15.9 Å². The third-order valence-corrected chi connectivity index (χ3v) is 2.61. The zero-order valence-electron chi connectivity index (χ0n) is 11.4. The van der Waals surface area contributed by atoms with Gasteiger partial charge in [-0.05, 0) is 18.6 Å². The topological polar surface area (TPSA) is 77.3 Å². The number of hydrogen-bond donors (Lipinski definition) is 1. The van der Waals surface area contributed by atoms with Crippen LogP contribution in [0.25, 0.3) is 0 Å². The maximum absolute atomic E-state index is 13.2. The number of pyridine rings is 1. The summed E-state index contributed by atoms with van der Waals surface area (Å²) in [6.45, 7) is 2.76. The lowest BCUT2D eigenvalue weighted by Gasteiger charge is -2.08. The minimum absolute atomic E-state index is 0.157. The summed E-state index contributed by atoms with van der Waals surface area (Å²) in [5, 5.41) is 14.0. The molecule has 1 aromatic carbocycles. The van der Waals surface area contributed by atoms with Crippen LogP contribution in [0.15, 0.2) is 36.4 Å². The van der Waals surface area contributed by atoms with E-state index in [0.717, 1.165) is 31.2 Å². The number of nitrogens with one attached hydrogen (secondary N) is 1. The van der Waals surface area contributed by atoms with Crippen LogP contribution >= 0.6 is 0 Å². The lowest BCUT2D eigenvalue weighted by atomic mass is 10.3. The van der Waals surface area contributed by atoms with Gasteiger partial charge in [0.2, 0.25) is 11.6 Å². The second-order valence-corrected chi connectivity index (χ2v) is 4.26. The molecule has 21 heavy (non-hydrogen) atoms. The van der Waals surface area contributed by atoms with E-state index in [0.29, 0.717) is 5.82 Å². The van der Waals surface area contributed by atoms with Gasteiger partial charge in [-0.3, -0.25) is 10.1 Å². The highest BCUT2D eigenvalue weighted by atomic mass is 19.1. The minimum atomic E-state index is -0.631. The smallest absolute Gasteiger partial charge is 0.311 e. The largest absolute Gasteiger partial charge is 0.432 e. The van der Waals surface area contributed by atoms with Gasteiger partial charge in [0.25, 0.3) is 0 Å². The highest BCUT2D eigenvalue weighted by molar-refractivity contribution is 5.48. The third kappa shape index (κ3) is 3.88. The standard InChI is InChI=1S/C14H14FN3O3/c1-2-8-16-13-4-3-5-14(17-13)21-12-9-10(15)6-7-11(12)18(19)20/h3-7,9H,2,8H2,1H3,(H,16,17). The number of rotatable bonds is 6. The third-order valence-electron chi connectivity index (χ3n) is 2.61. The fraction of sp³-hybridized carbons (Fsp3) is 0.214. The van der Waals surface area contributed by atoms with E-state index in [9.17, 15) is 14.5 Å². The Labute approximate surface area is 120 Å². The van der Waals surface area contributed by atoms with Gasteiger partial charge in [0.15, 0.2) is 0 Å². The molecule has 0 aliphatic carbocycles. The molecule has 0 saturated heterocycles. The Hall–Kier alpha value is -2.70. The number of halogens is 1. The molecule has 2 rings (SSSR count). The first-order chi connectivity index (χ1) is 10.1. The molecule has 6 nitrogen and oxygen atoms in total. The van der Waals surface area contributed by atoms with Crippen LogP contribution in [0.3, 0.4) is 0 Å².